The number of benzene rings is 1. The van der Waals surface area contributed by atoms with Crippen LogP contribution in [0.5, 0.6) is 0 Å². The molecule has 0 radical (unpaired) electrons. The van der Waals surface area contributed by atoms with Crippen LogP contribution in [0.4, 0.5) is 0 Å². The van der Waals surface area contributed by atoms with E-state index in [0.717, 1.165) is 44.3 Å². The van der Waals surface area contributed by atoms with Gasteiger partial charge in [-0.2, -0.15) is 0 Å². The fourth-order valence-electron chi connectivity index (χ4n) is 6.92. The molecule has 3 fully saturated rings. The summed E-state index contributed by atoms with van der Waals surface area (Å²) in [7, 11) is 0. The Morgan fingerprint density at radius 2 is 1.77 bits per heavy atom. The molecular weight excluding hydrogens is 504 g/mol. The number of nitrogens with one attached hydrogen (secondary N) is 3. The molecule has 218 valence electrons. The Labute approximate surface area is 238 Å². The van der Waals surface area contributed by atoms with Crippen LogP contribution in [-0.4, -0.2) is 73.6 Å². The van der Waals surface area contributed by atoms with Gasteiger partial charge in [0.1, 0.15) is 6.04 Å². The molecule has 5 rings (SSSR count). The van der Waals surface area contributed by atoms with Gasteiger partial charge < -0.3 is 20.7 Å². The molecule has 3 heterocycles. The van der Waals surface area contributed by atoms with Gasteiger partial charge >= 0.3 is 0 Å². The first-order valence-corrected chi connectivity index (χ1v) is 15.4. The van der Waals surface area contributed by atoms with E-state index in [1.807, 2.05) is 30.3 Å². The van der Waals surface area contributed by atoms with E-state index in [4.69, 9.17) is 4.74 Å². The van der Waals surface area contributed by atoms with Gasteiger partial charge in [-0.15, -0.1) is 0 Å². The minimum Gasteiger partial charge on any atom is -0.381 e. The second kappa shape index (κ2) is 13.8. The van der Waals surface area contributed by atoms with E-state index in [2.05, 4.69) is 33.0 Å². The zero-order chi connectivity index (χ0) is 27.8. The lowest BCUT2D eigenvalue weighted by molar-refractivity contribution is -0.140. The van der Waals surface area contributed by atoms with Gasteiger partial charge in [0.25, 0.3) is 0 Å². The van der Waals surface area contributed by atoms with Crippen LogP contribution in [-0.2, 0) is 25.5 Å². The normalized spacial score (nSPS) is 29.2. The maximum Gasteiger partial charge on any atom is 0.243 e. The van der Waals surface area contributed by atoms with Crippen molar-refractivity contribution in [3.63, 3.8) is 0 Å². The van der Waals surface area contributed by atoms with Crippen LogP contribution in [0.25, 0.3) is 0 Å². The molecule has 3 N–H and O–H groups in total. The quantitative estimate of drug-likeness (QED) is 0.490. The number of fused-ring (bicyclic) bond motifs is 1. The number of carbonyl (C=O) groups is 3. The molecule has 40 heavy (non-hydrogen) atoms. The summed E-state index contributed by atoms with van der Waals surface area (Å²) < 4.78 is 5.60. The van der Waals surface area contributed by atoms with Gasteiger partial charge in [0.2, 0.25) is 17.7 Å². The van der Waals surface area contributed by atoms with Crippen molar-refractivity contribution in [1.29, 1.82) is 0 Å². The molecule has 0 bridgehead atoms. The highest BCUT2D eigenvalue weighted by Gasteiger charge is 2.41. The molecule has 0 aromatic heterocycles. The van der Waals surface area contributed by atoms with Crippen LogP contribution in [0.1, 0.15) is 69.8 Å². The Bertz CT molecular complexity index is 1030. The lowest BCUT2D eigenvalue weighted by Gasteiger charge is -2.40. The SMILES string of the molecule is O=C(CN1CC[C@@H]2NC(=O)[C@H](Cc3ccccc3)NC(=O)C3(C/C=C/C[C@H]2C1)CCOCC3)NC1CCCCC1. The number of hydrogen-bond acceptors (Lipinski definition) is 5. The van der Waals surface area contributed by atoms with Crippen LogP contribution in [0, 0.1) is 11.3 Å². The largest absolute Gasteiger partial charge is 0.381 e. The highest BCUT2D eigenvalue weighted by atomic mass is 16.5. The summed E-state index contributed by atoms with van der Waals surface area (Å²) in [6.07, 6.45) is 14.2. The van der Waals surface area contributed by atoms with Crippen LogP contribution in [0.15, 0.2) is 42.5 Å². The number of hydrogen-bond donors (Lipinski definition) is 3. The molecule has 1 saturated carbocycles. The van der Waals surface area contributed by atoms with Gasteiger partial charge in [-0.25, -0.2) is 0 Å². The van der Waals surface area contributed by atoms with Crippen LogP contribution >= 0.6 is 0 Å². The van der Waals surface area contributed by atoms with Crippen LogP contribution in [0.2, 0.25) is 0 Å². The fraction of sp³-hybridized carbons (Fsp3) is 0.656. The third kappa shape index (κ3) is 7.52. The topological polar surface area (TPSA) is 99.8 Å². The number of nitrogens with zero attached hydrogens (tertiary/aromatic N) is 1. The first kappa shape index (κ1) is 28.8. The number of piperidine rings is 1. The van der Waals surface area contributed by atoms with E-state index < -0.39 is 11.5 Å². The number of carbonyl (C=O) groups excluding carboxylic acids is 3. The van der Waals surface area contributed by atoms with Gasteiger partial charge in [-0.1, -0.05) is 61.7 Å². The molecule has 0 unspecified atom stereocenters. The van der Waals surface area contributed by atoms with Crippen molar-refractivity contribution in [2.75, 3.05) is 32.8 Å². The van der Waals surface area contributed by atoms with Gasteiger partial charge in [0, 0.05) is 44.8 Å². The highest BCUT2D eigenvalue weighted by Crippen LogP contribution is 2.36. The minimum atomic E-state index is -0.641. The first-order valence-electron chi connectivity index (χ1n) is 15.4. The van der Waals surface area contributed by atoms with E-state index in [9.17, 15) is 14.4 Å². The molecule has 1 spiro atoms. The lowest BCUT2D eigenvalue weighted by atomic mass is 9.75. The number of amides is 3. The first-order chi connectivity index (χ1) is 19.5. The molecule has 1 aromatic carbocycles. The van der Waals surface area contributed by atoms with Gasteiger partial charge in [-0.3, -0.25) is 19.3 Å². The number of likely N-dealkylation sites (tertiary alicyclic amines) is 1. The molecule has 4 aliphatic rings. The van der Waals surface area contributed by atoms with E-state index >= 15 is 0 Å². The summed E-state index contributed by atoms with van der Waals surface area (Å²) in [5, 5.41) is 9.73. The Kier molecular flexibility index (Phi) is 9.92. The van der Waals surface area contributed by atoms with Crippen molar-refractivity contribution in [3.8, 4) is 0 Å². The van der Waals surface area contributed by atoms with Crippen molar-refractivity contribution in [2.24, 2.45) is 11.3 Å². The average Bonchev–Trinajstić information content (AvgIpc) is 2.97. The minimum absolute atomic E-state index is 0.00134. The van der Waals surface area contributed by atoms with Crippen molar-refractivity contribution < 1.29 is 19.1 Å². The Hall–Kier alpha value is -2.71. The molecule has 8 heteroatoms. The predicted molar refractivity (Wildman–Crippen MR) is 154 cm³/mol. The smallest absolute Gasteiger partial charge is 0.243 e. The molecule has 3 aliphatic heterocycles. The summed E-state index contributed by atoms with van der Waals surface area (Å²) >= 11 is 0. The third-order valence-corrected chi connectivity index (χ3v) is 9.43. The third-order valence-electron chi connectivity index (χ3n) is 9.43. The van der Waals surface area contributed by atoms with E-state index in [1.54, 1.807) is 0 Å². The monoisotopic (exact) mass is 550 g/mol. The van der Waals surface area contributed by atoms with Crippen molar-refractivity contribution >= 4 is 17.7 Å². The second-order valence-electron chi connectivity index (χ2n) is 12.3. The predicted octanol–water partition coefficient (Wildman–Crippen LogP) is 3.12. The summed E-state index contributed by atoms with van der Waals surface area (Å²) in [6.45, 7) is 3.05. The van der Waals surface area contributed by atoms with Crippen molar-refractivity contribution in [2.45, 2.75) is 88.8 Å². The highest BCUT2D eigenvalue weighted by molar-refractivity contribution is 5.90. The summed E-state index contributed by atoms with van der Waals surface area (Å²) in [5.74, 6) is 0.148. The standard InChI is InChI=1S/C32H46N4O4/c37-29(33-26-12-5-2-6-13-26)23-36-18-14-27-25(22-36)11-7-8-15-32(16-19-40-20-17-32)31(39)35-28(30(38)34-27)21-24-9-3-1-4-10-24/h1,3-4,7-10,25-28H,2,5-6,11-23H2,(H,33,37)(H,34,38)(H,35,39)/b8-7+/t25-,27-,28-/m0/s1. The van der Waals surface area contributed by atoms with E-state index in [-0.39, 0.29) is 29.7 Å². The molecule has 1 aromatic rings. The summed E-state index contributed by atoms with van der Waals surface area (Å²) in [5.41, 5.74) is 0.463. The zero-order valence-corrected chi connectivity index (χ0v) is 23.7. The second-order valence-corrected chi connectivity index (χ2v) is 12.3. The van der Waals surface area contributed by atoms with Crippen LogP contribution < -0.4 is 16.0 Å². The van der Waals surface area contributed by atoms with Crippen molar-refractivity contribution in [1.82, 2.24) is 20.9 Å². The maximum atomic E-state index is 13.7. The number of rotatable bonds is 5. The summed E-state index contributed by atoms with van der Waals surface area (Å²) in [6, 6.07) is 9.57. The molecule has 8 nitrogen and oxygen atoms in total. The van der Waals surface area contributed by atoms with E-state index in [1.165, 1.54) is 19.3 Å². The van der Waals surface area contributed by atoms with Gasteiger partial charge in [0.15, 0.2) is 0 Å². The summed E-state index contributed by atoms with van der Waals surface area (Å²) in [4.78, 5) is 42.5. The van der Waals surface area contributed by atoms with Gasteiger partial charge in [-0.05, 0) is 56.4 Å². The van der Waals surface area contributed by atoms with Crippen molar-refractivity contribution in [3.05, 3.63) is 48.0 Å². The lowest BCUT2D eigenvalue weighted by Crippen LogP contribution is -2.58. The van der Waals surface area contributed by atoms with Crippen LogP contribution in [0.3, 0.4) is 0 Å². The van der Waals surface area contributed by atoms with E-state index in [0.29, 0.717) is 51.5 Å². The fourth-order valence-corrected chi connectivity index (χ4v) is 6.92. The Morgan fingerprint density at radius 1 is 1.00 bits per heavy atom. The molecular formula is C32H46N4O4. The molecule has 3 amide bonds. The Balaban J connectivity index is 1.30. The molecule has 1 aliphatic carbocycles. The zero-order valence-electron chi connectivity index (χ0n) is 23.7. The maximum absolute atomic E-state index is 13.7. The van der Waals surface area contributed by atoms with Gasteiger partial charge in [0.05, 0.1) is 12.0 Å². The Morgan fingerprint density at radius 3 is 2.55 bits per heavy atom. The molecule has 3 atom stereocenters. The number of ether oxygens (including phenoxy) is 1. The number of allylic oxidation sites excluding steroid dienone is 2. The molecule has 2 saturated heterocycles. The average molecular weight is 551 g/mol.